The summed E-state index contributed by atoms with van der Waals surface area (Å²) in [6, 6.07) is 12.7. The van der Waals surface area contributed by atoms with E-state index in [0.717, 1.165) is 4.90 Å². The van der Waals surface area contributed by atoms with E-state index in [1.165, 1.54) is 31.1 Å². The second-order valence-electron chi connectivity index (χ2n) is 29.4. The highest BCUT2D eigenvalue weighted by Gasteiger charge is 2.45. The summed E-state index contributed by atoms with van der Waals surface area (Å²) in [7, 11) is 6.03. The van der Waals surface area contributed by atoms with Crippen LogP contribution in [0.15, 0.2) is 60.7 Å². The fraction of sp³-hybridized carbons (Fsp3) is 0.637. The molecule has 3 heterocycles. The van der Waals surface area contributed by atoms with Gasteiger partial charge in [0.15, 0.2) is 11.4 Å². The van der Waals surface area contributed by atoms with Gasteiger partial charge in [0.2, 0.25) is 65.0 Å². The lowest BCUT2D eigenvalue weighted by molar-refractivity contribution is -0.149. The molecule has 0 spiro atoms. The Hall–Kier alpha value is -8.53. The predicted molar refractivity (Wildman–Crippen MR) is 436 cm³/mol. The van der Waals surface area contributed by atoms with Crippen molar-refractivity contribution < 1.29 is 101 Å². The number of imide groups is 1. The highest BCUT2D eigenvalue weighted by molar-refractivity contribution is 9.09. The summed E-state index contributed by atoms with van der Waals surface area (Å²) in [4.78, 5) is 188. The number of carbonyl (C=O) groups is 13. The molecule has 5 rings (SSSR count). The van der Waals surface area contributed by atoms with Crippen molar-refractivity contribution in [2.75, 3.05) is 134 Å². The number of aliphatic hydroxyl groups excluding tert-OH is 1. The van der Waals surface area contributed by atoms with Crippen LogP contribution in [0.3, 0.4) is 0 Å². The van der Waals surface area contributed by atoms with Crippen molar-refractivity contribution in [3.63, 3.8) is 0 Å². The van der Waals surface area contributed by atoms with Crippen LogP contribution in [0.1, 0.15) is 150 Å². The Kier molecular flexibility index (Phi) is 44.4. The highest BCUT2D eigenvalue weighted by Crippen LogP contribution is 2.31. The number of hydrogen-bond donors (Lipinski definition) is 9. The summed E-state index contributed by atoms with van der Waals surface area (Å²) in [5, 5.41) is 32.6. The molecule has 2 aromatic carbocycles. The van der Waals surface area contributed by atoms with Crippen LogP contribution < -0.4 is 42.5 Å². The number of nitrogens with zero attached hydrogens (tertiary/aromatic N) is 6. The number of nitrogens with one attached hydrogen (secondary N) is 8. The number of alkyl halides is 2. The minimum atomic E-state index is -1.20. The monoisotopic (exact) mass is 1770 g/mol. The molecule has 11 atom stereocenters. The molecule has 0 bridgehead atoms. The lowest BCUT2D eigenvalue weighted by atomic mass is 9.89. The molecule has 3 aromatic rings. The van der Waals surface area contributed by atoms with E-state index in [0.29, 0.717) is 105 Å². The standard InChI is InChI=1S/C80H120Br2N14O21/c1-13-51(6)72(60(111-11)40-66(102)95-30-20-27-59(95)74(112-12)52(7)75(105)88-53(8)73(104)55-25-18-15-19-26-55)94(10)78(108)68(49(2)3)92-77(107)71(50(4)5)93(9)67(103)47-117-48-87-63(99)44-86-76(106)56(39-54-23-16-14-17-24-54)89-64(100)45-85-62(98)43-84-61(97)28-21-31-113-33-35-115-37-38-116-36-34-114-32-22-29-83-65(101)46-96-79(109)69-70(80(96)110)91-58(42-82)57(41-81)90-69/h14-19,23-26,49-53,56,59-60,68,71-74,104H,13,20-22,27-48H2,1-12H3,(H,83,101)(H,84,97)(H,85,98)(H,86,106)(H,87,99)(H,88,105)(H,89,100)(H,92,107)/t51-,52+,53+,56-,59-,60+,68-,71-,72-,73+,74+/m0/s1. The first-order valence-corrected chi connectivity index (χ1v) is 41.8. The predicted octanol–water partition coefficient (Wildman–Crippen LogP) is 2.16. The molecule has 1 aromatic heterocycles. The maximum Gasteiger partial charge on any atom is 0.282 e. The van der Waals surface area contributed by atoms with Gasteiger partial charge in [-0.3, -0.25) is 67.2 Å². The Bertz CT molecular complexity index is 3680. The number of benzene rings is 2. The average Bonchev–Trinajstić information content (AvgIpc) is 1.60. The molecule has 0 radical (unpaired) electrons. The van der Waals surface area contributed by atoms with E-state index in [1.54, 1.807) is 96.0 Å². The van der Waals surface area contributed by atoms with Crippen LogP contribution in [0.5, 0.6) is 0 Å². The zero-order valence-electron chi connectivity index (χ0n) is 69.2. The smallest absolute Gasteiger partial charge is 0.282 e. The number of fused-ring (bicyclic) bond motifs is 1. The van der Waals surface area contributed by atoms with E-state index in [9.17, 15) is 67.4 Å². The average molecular weight is 1770 g/mol. The minimum Gasteiger partial charge on any atom is -0.386 e. The van der Waals surface area contributed by atoms with Crippen LogP contribution in [0.2, 0.25) is 0 Å². The molecule has 2 aliphatic rings. The van der Waals surface area contributed by atoms with Gasteiger partial charge in [0.05, 0.1) is 119 Å². The van der Waals surface area contributed by atoms with E-state index >= 15 is 0 Å². The third-order valence-corrected chi connectivity index (χ3v) is 21.2. The number of aliphatic hydroxyl groups is 1. The number of halogens is 2. The van der Waals surface area contributed by atoms with E-state index in [4.69, 9.17) is 33.2 Å². The molecule has 37 heteroatoms. The second kappa shape index (κ2) is 52.4. The van der Waals surface area contributed by atoms with Crippen molar-refractivity contribution in [1.29, 1.82) is 0 Å². The Morgan fingerprint density at radius 3 is 1.73 bits per heavy atom. The normalized spacial score (nSPS) is 15.8. The van der Waals surface area contributed by atoms with Gasteiger partial charge in [-0.15, -0.1) is 0 Å². The zero-order chi connectivity index (χ0) is 86.3. The van der Waals surface area contributed by atoms with Crippen molar-refractivity contribution in [1.82, 2.24) is 72.1 Å². The van der Waals surface area contributed by atoms with Crippen LogP contribution in [0, 0.1) is 23.7 Å². The van der Waals surface area contributed by atoms with Crippen molar-refractivity contribution in [2.45, 2.75) is 172 Å². The molecule has 117 heavy (non-hydrogen) atoms. The van der Waals surface area contributed by atoms with Gasteiger partial charge in [-0.25, -0.2) is 9.97 Å². The van der Waals surface area contributed by atoms with Gasteiger partial charge in [-0.1, -0.05) is 147 Å². The Labute approximate surface area is 701 Å². The van der Waals surface area contributed by atoms with Crippen molar-refractivity contribution in [3.8, 4) is 0 Å². The van der Waals surface area contributed by atoms with Gasteiger partial charge in [0, 0.05) is 78.1 Å². The molecule has 2 aliphatic heterocycles. The number of ether oxygens (including phenoxy) is 7. The molecule has 650 valence electrons. The number of likely N-dealkylation sites (tertiary alicyclic amines) is 1. The van der Waals surface area contributed by atoms with E-state index in [1.807, 2.05) is 32.0 Å². The van der Waals surface area contributed by atoms with E-state index in [-0.39, 0.29) is 74.7 Å². The third kappa shape index (κ3) is 31.9. The van der Waals surface area contributed by atoms with Crippen molar-refractivity contribution in [2.24, 2.45) is 23.7 Å². The number of rotatable bonds is 55. The molecule has 0 saturated carbocycles. The number of carbonyl (C=O) groups excluding carboxylic acids is 13. The molecule has 0 aliphatic carbocycles. The van der Waals surface area contributed by atoms with Gasteiger partial charge in [0.25, 0.3) is 11.8 Å². The van der Waals surface area contributed by atoms with Crippen LogP contribution in [0.25, 0.3) is 0 Å². The Balaban J connectivity index is 0.950. The number of aromatic nitrogens is 2. The fourth-order valence-electron chi connectivity index (χ4n) is 13.5. The fourth-order valence-corrected chi connectivity index (χ4v) is 14.4. The molecule has 1 fully saturated rings. The lowest BCUT2D eigenvalue weighted by Gasteiger charge is -2.41. The summed E-state index contributed by atoms with van der Waals surface area (Å²) < 4.78 is 39.6. The van der Waals surface area contributed by atoms with Crippen LogP contribution in [-0.2, 0) is 103 Å². The van der Waals surface area contributed by atoms with Gasteiger partial charge < -0.3 is 95.5 Å². The maximum absolute atomic E-state index is 14.8. The van der Waals surface area contributed by atoms with Crippen molar-refractivity contribution in [3.05, 3.63) is 94.6 Å². The topological polar surface area (TPSA) is 442 Å². The molecule has 1 saturated heterocycles. The Morgan fingerprint density at radius 1 is 0.607 bits per heavy atom. The minimum absolute atomic E-state index is 0.0123. The summed E-state index contributed by atoms with van der Waals surface area (Å²) >= 11 is 6.61. The van der Waals surface area contributed by atoms with Gasteiger partial charge in [-0.2, -0.15) is 0 Å². The third-order valence-electron chi connectivity index (χ3n) is 20.1. The summed E-state index contributed by atoms with van der Waals surface area (Å²) in [5.41, 5.74) is 2.23. The van der Waals surface area contributed by atoms with Crippen LogP contribution in [-0.4, -0.2) is 294 Å². The van der Waals surface area contributed by atoms with Gasteiger partial charge in [0.1, 0.15) is 38.0 Å². The van der Waals surface area contributed by atoms with Crippen LogP contribution >= 0.6 is 31.9 Å². The first-order valence-electron chi connectivity index (χ1n) is 39.6. The number of likely N-dealkylation sites (N-methyl/N-ethyl adjacent to an activating group) is 2. The Morgan fingerprint density at radius 2 is 1.16 bits per heavy atom. The summed E-state index contributed by atoms with van der Waals surface area (Å²) in [6.07, 6.45) is 0.226. The summed E-state index contributed by atoms with van der Waals surface area (Å²) in [5.74, 6) is -9.18. The van der Waals surface area contributed by atoms with E-state index in [2.05, 4.69) is 84.4 Å². The van der Waals surface area contributed by atoms with Gasteiger partial charge in [-0.05, 0) is 61.5 Å². The quantitative estimate of drug-likeness (QED) is 0.0169. The summed E-state index contributed by atoms with van der Waals surface area (Å²) in [6.45, 7) is 14.4. The van der Waals surface area contributed by atoms with Crippen LogP contribution in [0.4, 0.5) is 0 Å². The van der Waals surface area contributed by atoms with E-state index < -0.39 is 177 Å². The zero-order valence-corrected chi connectivity index (χ0v) is 72.4. The first-order chi connectivity index (χ1) is 55.9. The molecular formula is C80H120Br2N14O21. The van der Waals surface area contributed by atoms with Gasteiger partial charge >= 0.3 is 0 Å². The maximum atomic E-state index is 14.8. The molecule has 13 amide bonds. The second-order valence-corrected chi connectivity index (χ2v) is 30.5. The molecule has 0 unspecified atom stereocenters. The number of amides is 13. The molecule has 9 N–H and O–H groups in total. The SMILES string of the molecule is CC[C@H](C)[C@@H]([C@@H](CC(=O)N1CCC[C@H]1[C@H](OC)[C@@H](C)C(=O)N[C@H](C)[C@@H](O)c1ccccc1)OC)N(C)C(=O)[C@@H](NC(=O)[C@H](C(C)C)N(C)C(=O)COCNC(=O)CNC(=O)[C@H](Cc1ccccc1)NC(=O)CNC(=O)CNC(=O)CCCOCCOCCOCCOCCCNC(=O)CN1C(=O)c2nc(CBr)c(CBr)nc2C1=O)C(C)C. The van der Waals surface area contributed by atoms with Crippen molar-refractivity contribution >= 4 is 109 Å². The molecule has 35 nitrogen and oxygen atoms in total. The number of methoxy groups -OCH3 is 2. The molecular weight excluding hydrogens is 1650 g/mol. The number of hydrogen-bond acceptors (Lipinski definition) is 23. The highest BCUT2D eigenvalue weighted by atomic mass is 79.9. The lowest BCUT2D eigenvalue weighted by Crippen LogP contribution is -2.60. The first kappa shape index (κ1) is 99.0. The largest absolute Gasteiger partial charge is 0.386 e.